The molecule has 0 spiro atoms. The van der Waals surface area contributed by atoms with E-state index in [1.807, 2.05) is 12.3 Å². The number of unbranched alkanes of at least 4 members (excludes halogenated alkanes) is 1. The van der Waals surface area contributed by atoms with Crippen LogP contribution in [0.15, 0.2) is 21.6 Å². The first-order valence-electron chi connectivity index (χ1n) is 7.51. The van der Waals surface area contributed by atoms with Gasteiger partial charge in [0.25, 0.3) is 5.91 Å². The summed E-state index contributed by atoms with van der Waals surface area (Å²) in [6.45, 7) is 3.00. The Balaban J connectivity index is 1.60. The fourth-order valence-corrected chi connectivity index (χ4v) is 3.05. The quantitative estimate of drug-likeness (QED) is 0.567. The zero-order valence-corrected chi connectivity index (χ0v) is 13.3. The number of nitrogens with one attached hydrogen (secondary N) is 1. The van der Waals surface area contributed by atoms with E-state index in [0.29, 0.717) is 18.3 Å². The predicted octanol–water partition coefficient (Wildman–Crippen LogP) is 1.97. The van der Waals surface area contributed by atoms with E-state index < -0.39 is 0 Å². The van der Waals surface area contributed by atoms with Gasteiger partial charge in [0.15, 0.2) is 10.9 Å². The summed E-state index contributed by atoms with van der Waals surface area (Å²) < 4.78 is 5.38. The van der Waals surface area contributed by atoms with E-state index in [1.165, 1.54) is 18.2 Å². The minimum Gasteiger partial charge on any atom is -0.445 e. The standard InChI is InChI=1S/C15H24N2O3S/c1-21-14-7-6-13(20-14)15(19)16-8-2-3-9-17-10-4-5-12(17)11-18/h6-7,12,18H,2-5,8-11H2,1H3,(H,16,19). The first-order valence-corrected chi connectivity index (χ1v) is 8.74. The van der Waals surface area contributed by atoms with Crippen molar-refractivity contribution in [2.75, 3.05) is 32.5 Å². The number of nitrogens with zero attached hydrogens (tertiary/aromatic N) is 1. The second kappa shape index (κ2) is 8.46. The monoisotopic (exact) mass is 312 g/mol. The van der Waals surface area contributed by atoms with Crippen molar-refractivity contribution in [1.82, 2.24) is 10.2 Å². The summed E-state index contributed by atoms with van der Waals surface area (Å²) in [5, 5.41) is 12.9. The van der Waals surface area contributed by atoms with Crippen LogP contribution in [0.2, 0.25) is 0 Å². The molecule has 2 heterocycles. The number of likely N-dealkylation sites (tertiary alicyclic amines) is 1. The van der Waals surface area contributed by atoms with Crippen LogP contribution in [0.3, 0.4) is 0 Å². The van der Waals surface area contributed by atoms with Crippen LogP contribution in [-0.2, 0) is 0 Å². The number of carbonyl (C=O) groups is 1. The van der Waals surface area contributed by atoms with Crippen LogP contribution >= 0.6 is 11.8 Å². The van der Waals surface area contributed by atoms with Gasteiger partial charge in [-0.05, 0) is 57.2 Å². The van der Waals surface area contributed by atoms with Crippen LogP contribution in [0, 0.1) is 0 Å². The second-order valence-corrected chi connectivity index (χ2v) is 6.11. The Bertz CT molecular complexity index is 450. The van der Waals surface area contributed by atoms with Crippen molar-refractivity contribution < 1.29 is 14.3 Å². The zero-order valence-electron chi connectivity index (χ0n) is 12.5. The summed E-state index contributed by atoms with van der Waals surface area (Å²) in [5.41, 5.74) is 0. The third kappa shape index (κ3) is 4.76. The van der Waals surface area contributed by atoms with Crippen molar-refractivity contribution in [3.63, 3.8) is 0 Å². The molecule has 0 saturated carbocycles. The molecule has 6 heteroatoms. The molecule has 2 N–H and O–H groups in total. The first kappa shape index (κ1) is 16.4. The summed E-state index contributed by atoms with van der Waals surface area (Å²) >= 11 is 1.48. The molecule has 21 heavy (non-hydrogen) atoms. The summed E-state index contributed by atoms with van der Waals surface area (Å²) in [7, 11) is 0. The van der Waals surface area contributed by atoms with Crippen molar-refractivity contribution in [1.29, 1.82) is 0 Å². The number of aliphatic hydroxyl groups excluding tert-OH is 1. The average molecular weight is 312 g/mol. The molecule has 1 aromatic heterocycles. The Kier molecular flexibility index (Phi) is 6.60. The van der Waals surface area contributed by atoms with Crippen molar-refractivity contribution in [2.45, 2.75) is 36.8 Å². The van der Waals surface area contributed by atoms with Gasteiger partial charge in [0.05, 0.1) is 6.61 Å². The van der Waals surface area contributed by atoms with Gasteiger partial charge in [-0.15, -0.1) is 0 Å². The number of rotatable bonds is 8. The maximum absolute atomic E-state index is 11.8. The molecule has 0 bridgehead atoms. The number of hydrogen-bond donors (Lipinski definition) is 2. The van der Waals surface area contributed by atoms with Crippen molar-refractivity contribution in [2.24, 2.45) is 0 Å². The topological polar surface area (TPSA) is 65.7 Å². The van der Waals surface area contributed by atoms with Gasteiger partial charge in [-0.1, -0.05) is 11.8 Å². The molecule has 1 fully saturated rings. The molecule has 0 aliphatic carbocycles. The van der Waals surface area contributed by atoms with E-state index in [9.17, 15) is 9.90 Å². The lowest BCUT2D eigenvalue weighted by Gasteiger charge is -2.22. The maximum atomic E-state index is 11.8. The van der Waals surface area contributed by atoms with Crippen LogP contribution in [-0.4, -0.2) is 54.5 Å². The van der Waals surface area contributed by atoms with Crippen molar-refractivity contribution in [3.05, 3.63) is 17.9 Å². The molecule has 0 radical (unpaired) electrons. The van der Waals surface area contributed by atoms with E-state index in [4.69, 9.17) is 4.42 Å². The number of carbonyl (C=O) groups excluding carboxylic acids is 1. The molecule has 0 aromatic carbocycles. The summed E-state index contributed by atoms with van der Waals surface area (Å²) in [6, 6.07) is 3.85. The third-order valence-corrected chi connectivity index (χ3v) is 4.50. The number of hydrogen-bond acceptors (Lipinski definition) is 5. The van der Waals surface area contributed by atoms with Gasteiger partial charge < -0.3 is 14.8 Å². The molecule has 1 aliphatic heterocycles. The van der Waals surface area contributed by atoms with E-state index in [-0.39, 0.29) is 12.5 Å². The predicted molar refractivity (Wildman–Crippen MR) is 83.7 cm³/mol. The Morgan fingerprint density at radius 1 is 1.52 bits per heavy atom. The summed E-state index contributed by atoms with van der Waals surface area (Å²) in [4.78, 5) is 14.2. The smallest absolute Gasteiger partial charge is 0.287 e. The summed E-state index contributed by atoms with van der Waals surface area (Å²) in [5.74, 6) is 0.226. The Labute approximate surface area is 130 Å². The van der Waals surface area contributed by atoms with Gasteiger partial charge in [0.1, 0.15) is 0 Å². The average Bonchev–Trinajstić information content (AvgIpc) is 3.15. The van der Waals surface area contributed by atoms with E-state index in [2.05, 4.69) is 10.2 Å². The second-order valence-electron chi connectivity index (χ2n) is 5.30. The Morgan fingerprint density at radius 2 is 2.38 bits per heavy atom. The fourth-order valence-electron chi connectivity index (χ4n) is 2.68. The van der Waals surface area contributed by atoms with Crippen LogP contribution < -0.4 is 5.32 Å². The molecule has 5 nitrogen and oxygen atoms in total. The molecule has 1 aliphatic rings. The molecule has 118 valence electrons. The molecule has 1 amide bonds. The number of thioether (sulfide) groups is 1. The maximum Gasteiger partial charge on any atom is 0.287 e. The SMILES string of the molecule is CSc1ccc(C(=O)NCCCCN2CCCC2CO)o1. The zero-order chi connectivity index (χ0) is 15.1. The number of furan rings is 1. The van der Waals surface area contributed by atoms with Crippen LogP contribution in [0.25, 0.3) is 0 Å². The highest BCUT2D eigenvalue weighted by Crippen LogP contribution is 2.18. The molecule has 1 aromatic rings. The molecule has 2 rings (SSSR count). The van der Waals surface area contributed by atoms with Crippen LogP contribution in [0.1, 0.15) is 36.2 Å². The van der Waals surface area contributed by atoms with Gasteiger partial charge >= 0.3 is 0 Å². The van der Waals surface area contributed by atoms with E-state index >= 15 is 0 Å². The van der Waals surface area contributed by atoms with Crippen LogP contribution in [0.4, 0.5) is 0 Å². The van der Waals surface area contributed by atoms with Gasteiger partial charge in [0.2, 0.25) is 0 Å². The summed E-state index contributed by atoms with van der Waals surface area (Å²) in [6.07, 6.45) is 6.17. The lowest BCUT2D eigenvalue weighted by molar-refractivity contribution is 0.0919. The largest absolute Gasteiger partial charge is 0.445 e. The highest BCUT2D eigenvalue weighted by atomic mass is 32.2. The van der Waals surface area contributed by atoms with E-state index in [0.717, 1.165) is 37.4 Å². The highest BCUT2D eigenvalue weighted by molar-refractivity contribution is 7.98. The lowest BCUT2D eigenvalue weighted by Crippen LogP contribution is -2.33. The lowest BCUT2D eigenvalue weighted by atomic mass is 10.2. The molecule has 1 atom stereocenters. The first-order chi connectivity index (χ1) is 10.2. The van der Waals surface area contributed by atoms with Gasteiger partial charge in [0, 0.05) is 12.6 Å². The van der Waals surface area contributed by atoms with Gasteiger partial charge in [-0.2, -0.15) is 0 Å². The van der Waals surface area contributed by atoms with E-state index in [1.54, 1.807) is 6.07 Å². The molecule has 1 unspecified atom stereocenters. The Hall–Kier alpha value is -0.980. The number of aliphatic hydroxyl groups is 1. The normalized spacial score (nSPS) is 19.0. The molecule has 1 saturated heterocycles. The highest BCUT2D eigenvalue weighted by Gasteiger charge is 2.22. The van der Waals surface area contributed by atoms with Crippen molar-refractivity contribution in [3.8, 4) is 0 Å². The third-order valence-electron chi connectivity index (χ3n) is 3.87. The minimum absolute atomic E-state index is 0.148. The Morgan fingerprint density at radius 3 is 3.10 bits per heavy atom. The van der Waals surface area contributed by atoms with Crippen molar-refractivity contribution >= 4 is 17.7 Å². The van der Waals surface area contributed by atoms with Crippen LogP contribution in [0.5, 0.6) is 0 Å². The number of amides is 1. The molecular weight excluding hydrogens is 288 g/mol. The minimum atomic E-state index is -0.148. The molecular formula is C15H24N2O3S. The van der Waals surface area contributed by atoms with Gasteiger partial charge in [-0.3, -0.25) is 9.69 Å². The fraction of sp³-hybridized carbons (Fsp3) is 0.667. The van der Waals surface area contributed by atoms with Gasteiger partial charge in [-0.25, -0.2) is 0 Å².